The van der Waals surface area contributed by atoms with Gasteiger partial charge in [-0.3, -0.25) is 4.68 Å². The van der Waals surface area contributed by atoms with Crippen LogP contribution in [-0.2, 0) is 24.7 Å². The van der Waals surface area contributed by atoms with Gasteiger partial charge in [0, 0.05) is 23.2 Å². The van der Waals surface area contributed by atoms with Crippen molar-refractivity contribution in [2.45, 2.75) is 22.7 Å². The summed E-state index contributed by atoms with van der Waals surface area (Å²) >= 11 is 14.0. The summed E-state index contributed by atoms with van der Waals surface area (Å²) in [5.74, 6) is 0. The predicted octanol–water partition coefficient (Wildman–Crippen LogP) is 5.90. The zero-order valence-electron chi connectivity index (χ0n) is 14.1. The van der Waals surface area contributed by atoms with E-state index in [-0.39, 0.29) is 17.2 Å². The van der Waals surface area contributed by atoms with Crippen LogP contribution in [0.15, 0.2) is 45.5 Å². The van der Waals surface area contributed by atoms with Crippen LogP contribution in [0.1, 0.15) is 16.1 Å². The van der Waals surface area contributed by atoms with Crippen LogP contribution in [0.5, 0.6) is 0 Å². The molecule has 12 heteroatoms. The molecule has 0 saturated carbocycles. The van der Waals surface area contributed by atoms with Crippen molar-refractivity contribution in [2.75, 3.05) is 0 Å². The second kappa shape index (κ2) is 8.73. The van der Waals surface area contributed by atoms with Crippen LogP contribution in [-0.4, -0.2) is 21.0 Å². The van der Waals surface area contributed by atoms with Crippen LogP contribution in [0, 0.1) is 0 Å². The van der Waals surface area contributed by atoms with Gasteiger partial charge in [-0.25, -0.2) is 4.98 Å². The van der Waals surface area contributed by atoms with Crippen LogP contribution in [0.25, 0.3) is 0 Å². The monoisotopic (exact) mass is 466 g/mol. The molecule has 0 aliphatic carbocycles. The first-order chi connectivity index (χ1) is 13.2. The zero-order valence-corrected chi connectivity index (χ0v) is 17.2. The highest BCUT2D eigenvalue weighted by atomic mass is 35.5. The Morgan fingerprint density at radius 1 is 1.36 bits per heavy atom. The first-order valence-corrected chi connectivity index (χ1v) is 9.96. The standard InChI is InChI=1S/C16H11Cl2F3N4OS2/c1-25-14(27-10-4-2-3-9(17)5-10)12(13(24-25)16(19,20)21)7-23-26-8-11-6-22-15(18)28-11/h2-7H,8H2,1H3. The summed E-state index contributed by atoms with van der Waals surface area (Å²) in [5.41, 5.74) is -1.24. The lowest BCUT2D eigenvalue weighted by Crippen LogP contribution is -2.09. The summed E-state index contributed by atoms with van der Waals surface area (Å²) in [6, 6.07) is 6.78. The summed E-state index contributed by atoms with van der Waals surface area (Å²) in [6.07, 6.45) is -2.13. The Bertz CT molecular complexity index is 1000. The third-order valence-corrected chi connectivity index (χ3v) is 5.79. The van der Waals surface area contributed by atoms with Gasteiger partial charge < -0.3 is 4.84 Å². The van der Waals surface area contributed by atoms with E-state index in [0.29, 0.717) is 19.3 Å². The molecule has 5 nitrogen and oxygen atoms in total. The quantitative estimate of drug-likeness (QED) is 0.335. The number of hydrogen-bond donors (Lipinski definition) is 0. The molecule has 2 aromatic heterocycles. The fourth-order valence-electron chi connectivity index (χ4n) is 2.16. The molecule has 0 atom stereocenters. The number of hydrogen-bond acceptors (Lipinski definition) is 6. The van der Waals surface area contributed by atoms with Gasteiger partial charge in [0.2, 0.25) is 0 Å². The van der Waals surface area contributed by atoms with Gasteiger partial charge in [0.25, 0.3) is 0 Å². The highest BCUT2D eigenvalue weighted by Crippen LogP contribution is 2.38. The molecule has 28 heavy (non-hydrogen) atoms. The van der Waals surface area contributed by atoms with Crippen LogP contribution in [0.2, 0.25) is 9.49 Å². The number of benzene rings is 1. The fourth-order valence-corrected chi connectivity index (χ4v) is 4.28. The molecule has 2 heterocycles. The molecule has 3 rings (SSSR count). The molecule has 0 N–H and O–H groups in total. The van der Waals surface area contributed by atoms with E-state index < -0.39 is 11.9 Å². The van der Waals surface area contributed by atoms with Gasteiger partial charge in [0.1, 0.15) is 5.03 Å². The molecule has 0 bridgehead atoms. The first kappa shape index (κ1) is 21.0. The minimum Gasteiger partial charge on any atom is -0.390 e. The van der Waals surface area contributed by atoms with Gasteiger partial charge in [0.15, 0.2) is 16.8 Å². The topological polar surface area (TPSA) is 52.3 Å². The van der Waals surface area contributed by atoms with Gasteiger partial charge in [-0.05, 0) is 18.2 Å². The molecule has 3 aromatic rings. The second-order valence-electron chi connectivity index (χ2n) is 5.34. The Hall–Kier alpha value is -1.75. The number of halogens is 5. The lowest BCUT2D eigenvalue weighted by atomic mass is 10.2. The number of aromatic nitrogens is 3. The highest BCUT2D eigenvalue weighted by Gasteiger charge is 2.38. The lowest BCUT2D eigenvalue weighted by Gasteiger charge is -2.05. The van der Waals surface area contributed by atoms with Crippen LogP contribution >= 0.6 is 46.3 Å². The molecule has 0 fully saturated rings. The van der Waals surface area contributed by atoms with E-state index in [0.717, 1.165) is 22.7 Å². The van der Waals surface area contributed by atoms with E-state index in [9.17, 15) is 13.2 Å². The van der Waals surface area contributed by atoms with Gasteiger partial charge in [0.05, 0.1) is 16.7 Å². The molecular formula is C16H11Cl2F3N4OS2. The van der Waals surface area contributed by atoms with E-state index in [1.54, 1.807) is 24.3 Å². The highest BCUT2D eigenvalue weighted by molar-refractivity contribution is 7.99. The summed E-state index contributed by atoms with van der Waals surface area (Å²) < 4.78 is 41.7. The van der Waals surface area contributed by atoms with E-state index in [1.807, 2.05) is 0 Å². The Morgan fingerprint density at radius 2 is 2.14 bits per heavy atom. The van der Waals surface area contributed by atoms with Crippen molar-refractivity contribution in [2.24, 2.45) is 12.2 Å². The maximum absolute atomic E-state index is 13.4. The van der Waals surface area contributed by atoms with Gasteiger partial charge in [-0.1, -0.05) is 46.2 Å². The maximum atomic E-state index is 13.4. The molecule has 0 unspecified atom stereocenters. The lowest BCUT2D eigenvalue weighted by molar-refractivity contribution is -0.141. The minimum absolute atomic E-state index is 0.0409. The number of oxime groups is 1. The van der Waals surface area contributed by atoms with Crippen molar-refractivity contribution >= 4 is 52.5 Å². The van der Waals surface area contributed by atoms with Crippen molar-refractivity contribution < 1.29 is 18.0 Å². The van der Waals surface area contributed by atoms with Crippen LogP contribution in [0.3, 0.4) is 0 Å². The number of thiazole rings is 1. The maximum Gasteiger partial charge on any atom is 0.435 e. The summed E-state index contributed by atoms with van der Waals surface area (Å²) in [6.45, 7) is 0.0409. The van der Waals surface area contributed by atoms with Crippen molar-refractivity contribution in [3.8, 4) is 0 Å². The smallest absolute Gasteiger partial charge is 0.390 e. The summed E-state index contributed by atoms with van der Waals surface area (Å²) in [7, 11) is 1.43. The molecule has 148 valence electrons. The minimum atomic E-state index is -4.64. The van der Waals surface area contributed by atoms with Crippen molar-refractivity contribution in [3.05, 3.63) is 56.1 Å². The molecule has 1 aromatic carbocycles. The zero-order chi connectivity index (χ0) is 20.3. The van der Waals surface area contributed by atoms with Crippen molar-refractivity contribution in [1.82, 2.24) is 14.8 Å². The SMILES string of the molecule is Cn1nc(C(F)(F)F)c(C=NOCc2cnc(Cl)s2)c1Sc1cccc(Cl)c1. The van der Waals surface area contributed by atoms with Crippen LogP contribution < -0.4 is 0 Å². The molecule has 0 aliphatic rings. The van der Waals surface area contributed by atoms with Gasteiger partial charge in [-0.2, -0.15) is 18.3 Å². The van der Waals surface area contributed by atoms with Gasteiger partial charge in [-0.15, -0.1) is 11.3 Å². The summed E-state index contributed by atoms with van der Waals surface area (Å²) in [4.78, 5) is 10.3. The predicted molar refractivity (Wildman–Crippen MR) is 103 cm³/mol. The Balaban J connectivity index is 1.86. The van der Waals surface area contributed by atoms with E-state index in [2.05, 4.69) is 15.2 Å². The molecule has 0 aliphatic heterocycles. The molecule has 0 radical (unpaired) electrons. The molecular weight excluding hydrogens is 456 g/mol. The average Bonchev–Trinajstić information content (AvgIpc) is 3.16. The van der Waals surface area contributed by atoms with Crippen molar-refractivity contribution in [1.29, 1.82) is 0 Å². The van der Waals surface area contributed by atoms with Crippen molar-refractivity contribution in [3.63, 3.8) is 0 Å². The Kier molecular flexibility index (Phi) is 6.54. The number of rotatable bonds is 6. The van der Waals surface area contributed by atoms with Gasteiger partial charge >= 0.3 is 6.18 Å². The average molecular weight is 467 g/mol. The number of aryl methyl sites for hydroxylation is 1. The van der Waals surface area contributed by atoms with E-state index in [4.69, 9.17) is 28.0 Å². The van der Waals surface area contributed by atoms with Crippen LogP contribution in [0.4, 0.5) is 13.2 Å². The third-order valence-electron chi connectivity index (χ3n) is 3.30. The first-order valence-electron chi connectivity index (χ1n) is 7.57. The molecule has 0 spiro atoms. The Labute approximate surface area is 176 Å². The molecule has 0 amide bonds. The second-order valence-corrected chi connectivity index (χ2v) is 8.53. The Morgan fingerprint density at radius 3 is 2.79 bits per heavy atom. The normalized spacial score (nSPS) is 12.1. The van der Waals surface area contributed by atoms with E-state index in [1.165, 1.54) is 24.6 Å². The number of nitrogens with zero attached hydrogens (tertiary/aromatic N) is 4. The fraction of sp³-hybridized carbons (Fsp3) is 0.188. The number of alkyl halides is 3. The third kappa shape index (κ3) is 5.19. The summed E-state index contributed by atoms with van der Waals surface area (Å²) in [5, 5.41) is 8.01. The largest absolute Gasteiger partial charge is 0.435 e. The molecule has 0 saturated heterocycles. The van der Waals surface area contributed by atoms with E-state index >= 15 is 0 Å².